The van der Waals surface area contributed by atoms with Crippen LogP contribution in [0, 0.1) is 0 Å². The molecule has 2 fully saturated rings. The quantitative estimate of drug-likeness (QED) is 0.845. The third-order valence-electron chi connectivity index (χ3n) is 5.38. The molecule has 5 heterocycles. The third-order valence-corrected chi connectivity index (χ3v) is 5.38. The van der Waals surface area contributed by atoms with E-state index in [0.717, 1.165) is 25.6 Å². The number of para-hydroxylation sites is 1. The predicted molar refractivity (Wildman–Crippen MR) is 84.0 cm³/mol. The van der Waals surface area contributed by atoms with Crippen molar-refractivity contribution >= 4 is 16.7 Å². The van der Waals surface area contributed by atoms with Gasteiger partial charge >= 0.3 is 0 Å². The summed E-state index contributed by atoms with van der Waals surface area (Å²) in [6.07, 6.45) is 2.80. The molecule has 0 aliphatic carbocycles. The molecule has 1 unspecified atom stereocenters. The van der Waals surface area contributed by atoms with Crippen molar-refractivity contribution in [3.8, 4) is 0 Å². The molecule has 4 heteroatoms. The zero-order chi connectivity index (χ0) is 13.8. The molecule has 0 saturated carbocycles. The summed E-state index contributed by atoms with van der Waals surface area (Å²) in [5.74, 6) is 2.13. The van der Waals surface area contributed by atoms with Crippen LogP contribution in [0.1, 0.15) is 36.0 Å². The number of nitrogens with zero attached hydrogens (tertiary/aromatic N) is 1. The summed E-state index contributed by atoms with van der Waals surface area (Å²) < 4.78 is 5.98. The monoisotopic (exact) mass is 283 g/mol. The Morgan fingerprint density at radius 1 is 1.19 bits per heavy atom. The van der Waals surface area contributed by atoms with Crippen molar-refractivity contribution in [1.82, 2.24) is 10.3 Å². The molecule has 110 valence electrons. The molecule has 4 aliphatic rings. The van der Waals surface area contributed by atoms with E-state index in [1.807, 2.05) is 0 Å². The van der Waals surface area contributed by atoms with E-state index in [0.29, 0.717) is 0 Å². The number of hydrogen-bond donors (Lipinski definition) is 2. The average molecular weight is 283 g/mol. The molecule has 21 heavy (non-hydrogen) atoms. The maximum atomic E-state index is 5.98. The fourth-order valence-electron chi connectivity index (χ4n) is 4.34. The van der Waals surface area contributed by atoms with E-state index in [1.54, 1.807) is 5.56 Å². The summed E-state index contributed by atoms with van der Waals surface area (Å²) in [5, 5.41) is 4.86. The molecule has 2 saturated heterocycles. The van der Waals surface area contributed by atoms with Crippen LogP contribution < -0.4 is 10.2 Å². The van der Waals surface area contributed by atoms with Gasteiger partial charge in [0, 0.05) is 42.7 Å². The van der Waals surface area contributed by atoms with E-state index in [2.05, 4.69) is 33.4 Å². The van der Waals surface area contributed by atoms with Gasteiger partial charge in [-0.1, -0.05) is 18.2 Å². The second kappa shape index (κ2) is 4.49. The van der Waals surface area contributed by atoms with Crippen molar-refractivity contribution < 1.29 is 4.74 Å². The topological polar surface area (TPSA) is 40.3 Å². The van der Waals surface area contributed by atoms with E-state index in [-0.39, 0.29) is 6.10 Å². The Bertz CT molecular complexity index is 679. The number of H-pyrrole nitrogens is 1. The highest BCUT2D eigenvalue weighted by Gasteiger charge is 2.34. The van der Waals surface area contributed by atoms with Gasteiger partial charge in [0.15, 0.2) is 0 Å². The van der Waals surface area contributed by atoms with Gasteiger partial charge < -0.3 is 19.9 Å². The maximum absolute atomic E-state index is 5.98. The van der Waals surface area contributed by atoms with Gasteiger partial charge in [0.25, 0.3) is 0 Å². The summed E-state index contributed by atoms with van der Waals surface area (Å²) in [6.45, 7) is 5.10. The van der Waals surface area contributed by atoms with E-state index in [4.69, 9.17) is 4.74 Å². The Kier molecular flexibility index (Phi) is 2.58. The van der Waals surface area contributed by atoms with Crippen molar-refractivity contribution in [2.24, 2.45) is 0 Å². The van der Waals surface area contributed by atoms with Gasteiger partial charge in [-0.3, -0.25) is 0 Å². The van der Waals surface area contributed by atoms with Crippen molar-refractivity contribution in [3.05, 3.63) is 29.3 Å². The first-order chi connectivity index (χ1) is 10.4. The van der Waals surface area contributed by atoms with Crippen LogP contribution >= 0.6 is 0 Å². The molecule has 6 rings (SSSR count). The fourth-order valence-corrected chi connectivity index (χ4v) is 4.34. The Hall–Kier alpha value is -1.52. The standard InChI is InChI=1S/C17H21N3O/c1-2-12(14-10-18-6-9-21-14)16-13(3-1)15-11-4-7-20(8-5-11)17(15)19-16/h1-3,11,14,18-19H,4-10H2. The molecule has 4 aliphatic heterocycles. The normalized spacial score (nSPS) is 25.5. The largest absolute Gasteiger partial charge is 0.371 e. The van der Waals surface area contributed by atoms with Gasteiger partial charge in [-0.15, -0.1) is 0 Å². The number of rotatable bonds is 1. The van der Waals surface area contributed by atoms with Crippen molar-refractivity contribution in [3.63, 3.8) is 0 Å². The van der Waals surface area contributed by atoms with E-state index in [9.17, 15) is 0 Å². The highest BCUT2D eigenvalue weighted by Crippen LogP contribution is 2.46. The smallest absolute Gasteiger partial charge is 0.110 e. The molecule has 1 aromatic carbocycles. The van der Waals surface area contributed by atoms with Gasteiger partial charge in [-0.2, -0.15) is 0 Å². The van der Waals surface area contributed by atoms with Crippen LogP contribution in [0.15, 0.2) is 18.2 Å². The van der Waals surface area contributed by atoms with Crippen LogP contribution in [0.4, 0.5) is 5.82 Å². The van der Waals surface area contributed by atoms with Crippen LogP contribution in [0.2, 0.25) is 0 Å². The van der Waals surface area contributed by atoms with E-state index >= 15 is 0 Å². The molecule has 0 amide bonds. The van der Waals surface area contributed by atoms with Gasteiger partial charge in [0.2, 0.25) is 0 Å². The number of piperidine rings is 1. The minimum atomic E-state index is 0.176. The van der Waals surface area contributed by atoms with Crippen LogP contribution in [-0.4, -0.2) is 37.8 Å². The Balaban J connectivity index is 1.69. The number of morpholine rings is 1. The van der Waals surface area contributed by atoms with Crippen molar-refractivity contribution in [2.75, 3.05) is 37.7 Å². The van der Waals surface area contributed by atoms with Crippen LogP contribution in [0.3, 0.4) is 0 Å². The fraction of sp³-hybridized carbons (Fsp3) is 0.529. The zero-order valence-electron chi connectivity index (χ0n) is 12.2. The number of aromatic nitrogens is 1. The molecule has 2 N–H and O–H groups in total. The molecule has 1 atom stereocenters. The first-order valence-electron chi connectivity index (χ1n) is 8.13. The molecule has 0 spiro atoms. The maximum Gasteiger partial charge on any atom is 0.110 e. The summed E-state index contributed by atoms with van der Waals surface area (Å²) in [7, 11) is 0. The SMILES string of the molecule is c1cc(C2CNCCO2)c2[nH]c3c(c2c1)C1CCN3CC1. The van der Waals surface area contributed by atoms with Gasteiger partial charge in [0.1, 0.15) is 5.82 Å². The van der Waals surface area contributed by atoms with Gasteiger partial charge in [-0.05, 0) is 18.8 Å². The highest BCUT2D eigenvalue weighted by molar-refractivity contribution is 5.93. The average Bonchev–Trinajstić information content (AvgIpc) is 2.98. The number of aromatic amines is 1. The number of hydrogen-bond acceptors (Lipinski definition) is 3. The van der Waals surface area contributed by atoms with E-state index < -0.39 is 0 Å². The summed E-state index contributed by atoms with van der Waals surface area (Å²) in [6, 6.07) is 6.70. The van der Waals surface area contributed by atoms with Crippen molar-refractivity contribution in [2.45, 2.75) is 24.9 Å². The summed E-state index contributed by atoms with van der Waals surface area (Å²) >= 11 is 0. The first-order valence-corrected chi connectivity index (χ1v) is 8.13. The number of fused-ring (bicyclic) bond motifs is 3. The van der Waals surface area contributed by atoms with Crippen LogP contribution in [0.5, 0.6) is 0 Å². The highest BCUT2D eigenvalue weighted by atomic mass is 16.5. The molecular formula is C17H21N3O. The molecule has 1 aromatic heterocycles. The minimum Gasteiger partial charge on any atom is -0.371 e. The Labute approximate surface area is 124 Å². The lowest BCUT2D eigenvalue weighted by Gasteiger charge is -2.40. The summed E-state index contributed by atoms with van der Waals surface area (Å²) in [5.41, 5.74) is 4.18. The number of anilines is 1. The minimum absolute atomic E-state index is 0.176. The lowest BCUT2D eigenvalue weighted by molar-refractivity contribution is 0.0285. The summed E-state index contributed by atoms with van der Waals surface area (Å²) in [4.78, 5) is 6.26. The van der Waals surface area contributed by atoms with Gasteiger partial charge in [0.05, 0.1) is 18.2 Å². The zero-order valence-corrected chi connectivity index (χ0v) is 12.2. The number of benzene rings is 1. The molecule has 0 radical (unpaired) electrons. The molecular weight excluding hydrogens is 262 g/mol. The Morgan fingerprint density at radius 2 is 2.10 bits per heavy atom. The van der Waals surface area contributed by atoms with E-state index in [1.165, 1.54) is 48.2 Å². The number of nitrogens with one attached hydrogen (secondary N) is 2. The molecule has 4 nitrogen and oxygen atoms in total. The van der Waals surface area contributed by atoms with Gasteiger partial charge in [-0.25, -0.2) is 0 Å². The van der Waals surface area contributed by atoms with Crippen molar-refractivity contribution in [1.29, 1.82) is 0 Å². The number of ether oxygens (including phenoxy) is 1. The molecule has 2 bridgehead atoms. The third kappa shape index (κ3) is 1.69. The first kappa shape index (κ1) is 12.1. The lowest BCUT2D eigenvalue weighted by atomic mass is 9.84. The second-order valence-corrected chi connectivity index (χ2v) is 6.48. The van der Waals surface area contributed by atoms with Crippen LogP contribution in [0.25, 0.3) is 10.9 Å². The molecule has 2 aromatic rings. The second-order valence-electron chi connectivity index (χ2n) is 6.48. The van der Waals surface area contributed by atoms with Crippen LogP contribution in [-0.2, 0) is 4.74 Å². The Morgan fingerprint density at radius 3 is 2.90 bits per heavy atom. The predicted octanol–water partition coefficient (Wildman–Crippen LogP) is 2.53. The lowest BCUT2D eigenvalue weighted by Crippen LogP contribution is -2.38.